The van der Waals surface area contributed by atoms with Crippen molar-refractivity contribution in [2.24, 2.45) is 5.73 Å². The number of carbonyl (C=O) groups excluding carboxylic acids is 2. The zero-order chi connectivity index (χ0) is 27.7. The number of carbonyl (C=O) groups is 2. The summed E-state index contributed by atoms with van der Waals surface area (Å²) in [6.45, 7) is 1.68. The Bertz CT molecular complexity index is 1820. The molecule has 1 amide bonds. The van der Waals surface area contributed by atoms with Crippen molar-refractivity contribution in [1.82, 2.24) is 15.0 Å². The molecule has 194 valence electrons. The summed E-state index contributed by atoms with van der Waals surface area (Å²) in [4.78, 5) is 48.8. The molecule has 0 radical (unpaired) electrons. The highest BCUT2D eigenvalue weighted by Crippen LogP contribution is 2.30. The Morgan fingerprint density at radius 1 is 1.00 bits per heavy atom. The third-order valence-electron chi connectivity index (χ3n) is 6.12. The van der Waals surface area contributed by atoms with Gasteiger partial charge in [-0.25, -0.2) is 13.8 Å². The van der Waals surface area contributed by atoms with Crippen LogP contribution in [-0.2, 0) is 6.42 Å². The number of benzene rings is 2. The standard InChI is InChI=1S/C29H20F2N4O4/c1-15-26(17-3-5-19(30)6-4-17)28(37)20(14-34-15)23(36)11-16-2-7-24(21(31)10-16)39-25-8-9-33-22-12-18(29(32)38)13-35-27(22)25/h2-10,12-14H,11H2,1H3,(H2,32,38)(H,34,37). The third-order valence-corrected chi connectivity index (χ3v) is 6.12. The molecule has 0 saturated heterocycles. The Balaban J connectivity index is 1.38. The Hall–Kier alpha value is -5.25. The van der Waals surface area contributed by atoms with Crippen molar-refractivity contribution < 1.29 is 23.1 Å². The Morgan fingerprint density at radius 3 is 2.49 bits per heavy atom. The molecule has 0 saturated carbocycles. The molecule has 5 rings (SSSR count). The molecule has 3 heterocycles. The van der Waals surface area contributed by atoms with Gasteiger partial charge in [-0.1, -0.05) is 18.2 Å². The van der Waals surface area contributed by atoms with Crippen LogP contribution in [0.3, 0.4) is 0 Å². The smallest absolute Gasteiger partial charge is 0.250 e. The number of fused-ring (bicyclic) bond motifs is 1. The first-order chi connectivity index (χ1) is 18.7. The number of ether oxygens (including phenoxy) is 1. The first-order valence-corrected chi connectivity index (χ1v) is 11.7. The molecule has 0 spiro atoms. The van der Waals surface area contributed by atoms with Crippen LogP contribution in [0.4, 0.5) is 8.78 Å². The minimum absolute atomic E-state index is 0.0923. The fraction of sp³-hybridized carbons (Fsp3) is 0.0690. The van der Waals surface area contributed by atoms with E-state index in [4.69, 9.17) is 10.5 Å². The molecule has 2 aromatic carbocycles. The fourth-order valence-electron chi connectivity index (χ4n) is 4.15. The van der Waals surface area contributed by atoms with Crippen LogP contribution < -0.4 is 15.9 Å². The summed E-state index contributed by atoms with van der Waals surface area (Å²) in [5.74, 6) is -2.26. The number of nitrogens with two attached hydrogens (primary N) is 1. The molecular formula is C29H20F2N4O4. The molecule has 0 fully saturated rings. The molecule has 0 aliphatic carbocycles. The second-order valence-electron chi connectivity index (χ2n) is 8.77. The number of amides is 1. The van der Waals surface area contributed by atoms with E-state index in [9.17, 15) is 23.2 Å². The summed E-state index contributed by atoms with van der Waals surface area (Å²) in [6, 6.07) is 12.4. The number of hydrogen-bond donors (Lipinski definition) is 2. The molecule has 0 aliphatic heterocycles. The molecule has 3 N–H and O–H groups in total. The highest BCUT2D eigenvalue weighted by atomic mass is 19.1. The number of halogens is 2. The number of rotatable bonds is 7. The lowest BCUT2D eigenvalue weighted by atomic mass is 9.98. The second kappa shape index (κ2) is 10.3. The van der Waals surface area contributed by atoms with Gasteiger partial charge in [-0.2, -0.15) is 0 Å². The summed E-state index contributed by atoms with van der Waals surface area (Å²) in [6.07, 6.45) is 3.79. The number of nitrogens with zero attached hydrogens (tertiary/aromatic N) is 2. The Labute approximate surface area is 220 Å². The first kappa shape index (κ1) is 25.4. The van der Waals surface area contributed by atoms with Crippen LogP contribution in [0.5, 0.6) is 11.5 Å². The third kappa shape index (κ3) is 5.12. The first-order valence-electron chi connectivity index (χ1n) is 11.7. The number of nitrogens with one attached hydrogen (secondary N) is 1. The zero-order valence-electron chi connectivity index (χ0n) is 20.5. The quantitative estimate of drug-likeness (QED) is 0.291. The van der Waals surface area contributed by atoms with Crippen LogP contribution in [0, 0.1) is 18.6 Å². The molecular weight excluding hydrogens is 506 g/mol. The Morgan fingerprint density at radius 2 is 1.77 bits per heavy atom. The van der Waals surface area contributed by atoms with E-state index in [1.807, 2.05) is 0 Å². The number of aromatic amines is 1. The predicted molar refractivity (Wildman–Crippen MR) is 140 cm³/mol. The highest BCUT2D eigenvalue weighted by molar-refractivity contribution is 5.98. The number of primary amides is 1. The number of pyridine rings is 3. The van der Waals surface area contributed by atoms with E-state index < -0.39 is 28.8 Å². The number of aryl methyl sites for hydroxylation is 1. The molecule has 0 atom stereocenters. The SMILES string of the molecule is Cc1[nH]cc(C(=O)Cc2ccc(Oc3ccnc4cc(C(N)=O)cnc34)c(F)c2)c(=O)c1-c1ccc(F)cc1. The molecule has 39 heavy (non-hydrogen) atoms. The number of hydrogen-bond acceptors (Lipinski definition) is 6. The maximum Gasteiger partial charge on any atom is 0.250 e. The number of H-pyrrole nitrogens is 1. The van der Waals surface area contributed by atoms with E-state index in [0.717, 1.165) is 6.07 Å². The van der Waals surface area contributed by atoms with Gasteiger partial charge in [-0.05, 0) is 48.4 Å². The molecule has 10 heteroatoms. The summed E-state index contributed by atoms with van der Waals surface area (Å²) in [5, 5.41) is 0. The summed E-state index contributed by atoms with van der Waals surface area (Å²) >= 11 is 0. The van der Waals surface area contributed by atoms with Crippen LogP contribution in [0.25, 0.3) is 22.2 Å². The van der Waals surface area contributed by atoms with Crippen LogP contribution >= 0.6 is 0 Å². The predicted octanol–water partition coefficient (Wildman–Crippen LogP) is 4.89. The maximum absolute atomic E-state index is 15.0. The minimum atomic E-state index is -0.733. The summed E-state index contributed by atoms with van der Waals surface area (Å²) in [7, 11) is 0. The van der Waals surface area contributed by atoms with Crippen molar-refractivity contribution in [2.45, 2.75) is 13.3 Å². The lowest BCUT2D eigenvalue weighted by Gasteiger charge is -2.11. The normalized spacial score (nSPS) is 10.9. The van der Waals surface area contributed by atoms with E-state index in [-0.39, 0.29) is 34.6 Å². The minimum Gasteiger partial charge on any atom is -0.452 e. The fourth-order valence-corrected chi connectivity index (χ4v) is 4.15. The van der Waals surface area contributed by atoms with Crippen molar-refractivity contribution in [3.05, 3.63) is 117 Å². The molecule has 5 aromatic rings. The topological polar surface area (TPSA) is 128 Å². The summed E-state index contributed by atoms with van der Waals surface area (Å²) < 4.78 is 34.0. The van der Waals surface area contributed by atoms with Gasteiger partial charge in [0.1, 0.15) is 11.3 Å². The number of ketones is 1. The number of Topliss-reactive ketones (excluding diaryl/α,β-unsaturated/α-hetero) is 1. The lowest BCUT2D eigenvalue weighted by Crippen LogP contribution is -2.20. The average Bonchev–Trinajstić information content (AvgIpc) is 2.91. The van der Waals surface area contributed by atoms with Gasteiger partial charge in [-0.15, -0.1) is 0 Å². The van der Waals surface area contributed by atoms with Crippen molar-refractivity contribution >= 4 is 22.7 Å². The van der Waals surface area contributed by atoms with E-state index >= 15 is 0 Å². The van der Waals surface area contributed by atoms with Gasteiger partial charge in [-0.3, -0.25) is 19.4 Å². The molecule has 0 aliphatic rings. The Kier molecular flexibility index (Phi) is 6.68. The van der Waals surface area contributed by atoms with Gasteiger partial charge in [0.25, 0.3) is 0 Å². The average molecular weight is 526 g/mol. The van der Waals surface area contributed by atoms with E-state index in [1.165, 1.54) is 67.1 Å². The van der Waals surface area contributed by atoms with Gasteiger partial charge in [0, 0.05) is 42.3 Å². The molecule has 0 bridgehead atoms. The summed E-state index contributed by atoms with van der Waals surface area (Å²) in [5.41, 5.74) is 7.10. The van der Waals surface area contributed by atoms with Gasteiger partial charge in [0.2, 0.25) is 5.91 Å². The molecule has 0 unspecified atom stereocenters. The van der Waals surface area contributed by atoms with Gasteiger partial charge in [0.15, 0.2) is 28.5 Å². The van der Waals surface area contributed by atoms with Gasteiger partial charge >= 0.3 is 0 Å². The van der Waals surface area contributed by atoms with Crippen LogP contribution in [-0.4, -0.2) is 26.6 Å². The van der Waals surface area contributed by atoms with Crippen LogP contribution in [0.1, 0.15) is 32.0 Å². The van der Waals surface area contributed by atoms with Crippen molar-refractivity contribution in [3.8, 4) is 22.6 Å². The zero-order valence-corrected chi connectivity index (χ0v) is 20.5. The number of aromatic nitrogens is 3. The maximum atomic E-state index is 15.0. The lowest BCUT2D eigenvalue weighted by molar-refractivity contribution is 0.0986. The largest absolute Gasteiger partial charge is 0.452 e. The monoisotopic (exact) mass is 526 g/mol. The van der Waals surface area contributed by atoms with E-state index in [1.54, 1.807) is 6.92 Å². The van der Waals surface area contributed by atoms with Gasteiger partial charge in [0.05, 0.1) is 16.6 Å². The second-order valence-corrected chi connectivity index (χ2v) is 8.77. The molecule has 3 aromatic heterocycles. The van der Waals surface area contributed by atoms with Gasteiger partial charge < -0.3 is 15.5 Å². The van der Waals surface area contributed by atoms with Crippen LogP contribution in [0.15, 0.2) is 78.0 Å². The molecule has 8 nitrogen and oxygen atoms in total. The van der Waals surface area contributed by atoms with E-state index in [2.05, 4.69) is 15.0 Å². The van der Waals surface area contributed by atoms with E-state index in [0.29, 0.717) is 27.9 Å². The van der Waals surface area contributed by atoms with Crippen molar-refractivity contribution in [2.75, 3.05) is 0 Å². The van der Waals surface area contributed by atoms with Crippen molar-refractivity contribution in [1.29, 1.82) is 0 Å². The van der Waals surface area contributed by atoms with Crippen LogP contribution in [0.2, 0.25) is 0 Å². The highest BCUT2D eigenvalue weighted by Gasteiger charge is 2.18. The van der Waals surface area contributed by atoms with Crippen molar-refractivity contribution in [3.63, 3.8) is 0 Å².